The Hall–Kier alpha value is -3.17. The van der Waals surface area contributed by atoms with Crippen molar-refractivity contribution in [1.29, 1.82) is 0 Å². The van der Waals surface area contributed by atoms with Gasteiger partial charge in [-0.25, -0.2) is 14.4 Å². The molecule has 0 saturated carbocycles. The molecule has 1 unspecified atom stereocenters. The summed E-state index contributed by atoms with van der Waals surface area (Å²) >= 11 is 3.38. The third-order valence-corrected chi connectivity index (χ3v) is 5.33. The summed E-state index contributed by atoms with van der Waals surface area (Å²) in [5, 5.41) is 12.0. The van der Waals surface area contributed by atoms with Gasteiger partial charge in [0, 0.05) is 17.3 Å². The fraction of sp³-hybridized carbons (Fsp3) is 0.227. The van der Waals surface area contributed by atoms with Crippen LogP contribution in [0.1, 0.15) is 28.9 Å². The smallest absolute Gasteiger partial charge is 0.338 e. The van der Waals surface area contributed by atoms with Crippen LogP contribution in [0.4, 0.5) is 10.5 Å². The molecule has 2 N–H and O–H groups in total. The molecule has 9 heteroatoms. The summed E-state index contributed by atoms with van der Waals surface area (Å²) in [7, 11) is 1.51. The Labute approximate surface area is 187 Å². The van der Waals surface area contributed by atoms with Crippen LogP contribution in [-0.2, 0) is 14.3 Å². The van der Waals surface area contributed by atoms with Crippen LogP contribution >= 0.6 is 15.9 Å². The van der Waals surface area contributed by atoms with Crippen LogP contribution in [0.15, 0.2) is 64.3 Å². The number of urea groups is 1. The van der Waals surface area contributed by atoms with Gasteiger partial charge in [-0.3, -0.25) is 4.90 Å². The summed E-state index contributed by atoms with van der Waals surface area (Å²) < 4.78 is 11.2. The van der Waals surface area contributed by atoms with Crippen LogP contribution in [0.2, 0.25) is 0 Å². The maximum absolute atomic E-state index is 13.0. The topological polar surface area (TPSA) is 105 Å². The molecule has 3 rings (SSSR count). The summed E-state index contributed by atoms with van der Waals surface area (Å²) in [6, 6.07) is 11.9. The van der Waals surface area contributed by atoms with Gasteiger partial charge in [-0.2, -0.15) is 0 Å². The van der Waals surface area contributed by atoms with Crippen molar-refractivity contribution in [3.05, 3.63) is 75.4 Å². The van der Waals surface area contributed by atoms with Crippen LogP contribution in [0.3, 0.4) is 0 Å². The van der Waals surface area contributed by atoms with Gasteiger partial charge in [0.05, 0.1) is 29.5 Å². The van der Waals surface area contributed by atoms with Crippen molar-refractivity contribution in [2.45, 2.75) is 13.0 Å². The number of rotatable bonds is 7. The van der Waals surface area contributed by atoms with E-state index in [1.54, 1.807) is 6.92 Å². The van der Waals surface area contributed by atoms with E-state index in [4.69, 9.17) is 14.6 Å². The number of methoxy groups -OCH3 is 1. The number of hydrogen-bond acceptors (Lipinski definition) is 5. The lowest BCUT2D eigenvalue weighted by molar-refractivity contribution is -0.140. The number of hydrogen-bond donors (Lipinski definition) is 2. The number of carbonyl (C=O) groups excluding carboxylic acids is 2. The molecular weight excluding hydrogens is 468 g/mol. The number of nitrogens with zero attached hydrogens (tertiary/aromatic N) is 1. The van der Waals surface area contributed by atoms with Crippen molar-refractivity contribution in [1.82, 2.24) is 5.32 Å². The molecule has 0 bridgehead atoms. The third-order valence-electron chi connectivity index (χ3n) is 4.80. The van der Waals surface area contributed by atoms with E-state index in [0.717, 1.165) is 10.0 Å². The summed E-state index contributed by atoms with van der Waals surface area (Å²) in [4.78, 5) is 38.4. The van der Waals surface area contributed by atoms with Crippen LogP contribution in [0.5, 0.6) is 0 Å². The van der Waals surface area contributed by atoms with Crippen LogP contribution in [0.25, 0.3) is 0 Å². The van der Waals surface area contributed by atoms with E-state index < -0.39 is 24.0 Å². The molecule has 0 saturated heterocycles. The number of aromatic carboxylic acids is 1. The molecular formula is C22H21BrN2O6. The predicted octanol–water partition coefficient (Wildman–Crippen LogP) is 3.88. The fourth-order valence-corrected chi connectivity index (χ4v) is 3.54. The van der Waals surface area contributed by atoms with Crippen LogP contribution in [0, 0.1) is 0 Å². The molecule has 2 amide bonds. The zero-order valence-corrected chi connectivity index (χ0v) is 18.5. The van der Waals surface area contributed by atoms with Gasteiger partial charge in [-0.05, 0) is 48.9 Å². The Morgan fingerprint density at radius 1 is 1.10 bits per heavy atom. The first-order chi connectivity index (χ1) is 14.8. The van der Waals surface area contributed by atoms with Gasteiger partial charge in [0.2, 0.25) is 0 Å². The average molecular weight is 489 g/mol. The Morgan fingerprint density at radius 2 is 1.74 bits per heavy atom. The number of carboxylic acids is 1. The molecule has 162 valence electrons. The van der Waals surface area contributed by atoms with E-state index >= 15 is 0 Å². The normalized spacial score (nSPS) is 16.2. The van der Waals surface area contributed by atoms with E-state index in [-0.39, 0.29) is 24.4 Å². The first-order valence-electron chi connectivity index (χ1n) is 9.39. The highest BCUT2D eigenvalue weighted by molar-refractivity contribution is 9.10. The molecule has 2 aromatic rings. The van der Waals surface area contributed by atoms with Crippen molar-refractivity contribution in [2.24, 2.45) is 0 Å². The van der Waals surface area contributed by atoms with Crippen LogP contribution < -0.4 is 10.2 Å². The number of ether oxygens (including phenoxy) is 2. The van der Waals surface area contributed by atoms with Gasteiger partial charge in [0.1, 0.15) is 6.61 Å². The van der Waals surface area contributed by atoms with Crippen molar-refractivity contribution in [3.63, 3.8) is 0 Å². The number of anilines is 1. The largest absolute Gasteiger partial charge is 0.478 e. The highest BCUT2D eigenvalue weighted by atomic mass is 79.9. The van der Waals surface area contributed by atoms with E-state index in [2.05, 4.69) is 21.2 Å². The third kappa shape index (κ3) is 4.95. The Bertz CT molecular complexity index is 1020. The van der Waals surface area contributed by atoms with E-state index in [1.807, 2.05) is 24.3 Å². The second kappa shape index (κ2) is 9.76. The van der Waals surface area contributed by atoms with Crippen LogP contribution in [-0.4, -0.2) is 43.4 Å². The van der Waals surface area contributed by atoms with Gasteiger partial charge in [-0.15, -0.1) is 0 Å². The number of amides is 2. The molecule has 0 spiro atoms. The minimum absolute atomic E-state index is 0.0699. The first-order valence-corrected chi connectivity index (χ1v) is 10.2. The predicted molar refractivity (Wildman–Crippen MR) is 117 cm³/mol. The van der Waals surface area contributed by atoms with Crippen molar-refractivity contribution < 1.29 is 29.0 Å². The molecule has 0 aliphatic carbocycles. The second-order valence-corrected chi connectivity index (χ2v) is 7.66. The zero-order chi connectivity index (χ0) is 22.5. The number of nitrogens with one attached hydrogen (secondary N) is 1. The number of allylic oxidation sites excluding steroid dienone is 1. The summed E-state index contributed by atoms with van der Waals surface area (Å²) in [6.45, 7) is 1.97. The molecule has 1 atom stereocenters. The van der Waals surface area contributed by atoms with Crippen molar-refractivity contribution >= 4 is 39.6 Å². The lowest BCUT2D eigenvalue weighted by Gasteiger charge is -2.35. The van der Waals surface area contributed by atoms with Crippen molar-refractivity contribution in [2.75, 3.05) is 25.2 Å². The van der Waals surface area contributed by atoms with Gasteiger partial charge in [0.15, 0.2) is 0 Å². The number of esters is 1. The molecule has 0 radical (unpaired) electrons. The van der Waals surface area contributed by atoms with Gasteiger partial charge in [0.25, 0.3) is 0 Å². The fourth-order valence-electron chi connectivity index (χ4n) is 3.27. The molecule has 31 heavy (non-hydrogen) atoms. The van der Waals surface area contributed by atoms with Gasteiger partial charge >= 0.3 is 18.0 Å². The molecule has 8 nitrogen and oxygen atoms in total. The molecule has 1 aliphatic heterocycles. The maximum atomic E-state index is 13.0. The van der Waals surface area contributed by atoms with Gasteiger partial charge < -0.3 is 19.9 Å². The number of benzene rings is 2. The van der Waals surface area contributed by atoms with Crippen molar-refractivity contribution in [3.8, 4) is 0 Å². The molecule has 0 fully saturated rings. The Kier molecular flexibility index (Phi) is 7.09. The number of halogens is 1. The van der Waals surface area contributed by atoms with Gasteiger partial charge in [-0.1, -0.05) is 28.1 Å². The minimum Gasteiger partial charge on any atom is -0.478 e. The monoisotopic (exact) mass is 488 g/mol. The summed E-state index contributed by atoms with van der Waals surface area (Å²) in [6.07, 6.45) is 0. The number of carboxylic acid groups (broad SMARTS) is 1. The zero-order valence-electron chi connectivity index (χ0n) is 16.9. The number of carbonyl (C=O) groups is 3. The maximum Gasteiger partial charge on any atom is 0.338 e. The second-order valence-electron chi connectivity index (χ2n) is 6.75. The molecule has 1 heterocycles. The lowest BCUT2D eigenvalue weighted by atomic mass is 9.94. The molecule has 1 aliphatic rings. The first kappa shape index (κ1) is 22.5. The highest BCUT2D eigenvalue weighted by Gasteiger charge is 2.37. The van der Waals surface area contributed by atoms with E-state index in [1.165, 1.54) is 36.3 Å². The summed E-state index contributed by atoms with van der Waals surface area (Å²) in [5.74, 6) is -1.64. The SMILES string of the molecule is COCCOC(=O)C1=C(C)N(c2ccc(C(=O)O)cc2)C(=O)NC1c1ccc(Br)cc1. The minimum atomic E-state index is -1.07. The molecule has 2 aromatic carbocycles. The molecule has 0 aromatic heterocycles. The van der Waals surface area contributed by atoms with E-state index in [0.29, 0.717) is 11.4 Å². The quantitative estimate of drug-likeness (QED) is 0.452. The highest BCUT2D eigenvalue weighted by Crippen LogP contribution is 2.34. The standard InChI is InChI=1S/C22H21BrN2O6/c1-13-18(21(28)31-12-11-30-2)19(14-3-7-16(23)8-4-14)24-22(29)25(13)17-9-5-15(6-10-17)20(26)27/h3-10,19H,11-12H2,1-2H3,(H,24,29)(H,26,27). The Morgan fingerprint density at radius 3 is 2.32 bits per heavy atom. The average Bonchev–Trinajstić information content (AvgIpc) is 2.74. The van der Waals surface area contributed by atoms with E-state index in [9.17, 15) is 14.4 Å². The lowest BCUT2D eigenvalue weighted by Crippen LogP contribution is -2.48. The summed E-state index contributed by atoms with van der Waals surface area (Å²) in [5.41, 5.74) is 1.91. The Balaban J connectivity index is 2.04.